The monoisotopic (exact) mass is 446 g/mol. The Kier molecular flexibility index (Phi) is 4.03. The lowest BCUT2D eigenvalue weighted by Crippen LogP contribution is -2.44. The van der Waals surface area contributed by atoms with Crippen molar-refractivity contribution in [2.45, 2.75) is 32.1 Å². The number of pyridine rings is 1. The molecule has 4 heterocycles. The van der Waals surface area contributed by atoms with Crippen LogP contribution in [0.25, 0.3) is 5.57 Å². The van der Waals surface area contributed by atoms with Gasteiger partial charge in [-0.05, 0) is 18.6 Å². The van der Waals surface area contributed by atoms with Gasteiger partial charge in [0.2, 0.25) is 5.78 Å². The van der Waals surface area contributed by atoms with Gasteiger partial charge >= 0.3 is 5.97 Å². The van der Waals surface area contributed by atoms with Crippen LogP contribution in [0.2, 0.25) is 0 Å². The zero-order chi connectivity index (χ0) is 23.1. The fourth-order valence-electron chi connectivity index (χ4n) is 4.33. The summed E-state index contributed by atoms with van der Waals surface area (Å²) in [6.07, 6.45) is -0.121. The van der Waals surface area contributed by atoms with E-state index in [4.69, 9.17) is 4.74 Å². The highest BCUT2D eigenvalue weighted by molar-refractivity contribution is 6.37. The third-order valence-corrected chi connectivity index (χ3v) is 6.06. The lowest BCUT2D eigenvalue weighted by atomic mass is 9.86. The van der Waals surface area contributed by atoms with Gasteiger partial charge in [-0.15, -0.1) is 0 Å². The van der Waals surface area contributed by atoms with Gasteiger partial charge in [0.15, 0.2) is 23.1 Å². The Morgan fingerprint density at radius 3 is 2.56 bits per heavy atom. The molecule has 164 valence electrons. The quantitative estimate of drug-likeness (QED) is 0.390. The molecule has 0 bridgehead atoms. The van der Waals surface area contributed by atoms with Crippen LogP contribution in [0, 0.1) is 17.5 Å². The SMILES string of the molecule is CC[C@@]1(O)C(=O)OCc2c1cc1n(c2=O)C/C(=C2\C(=O)Nc3c2cc(F)c(F)c3F)C1=O. The van der Waals surface area contributed by atoms with Gasteiger partial charge in [0, 0.05) is 16.7 Å². The van der Waals surface area contributed by atoms with Gasteiger partial charge in [-0.2, -0.15) is 0 Å². The van der Waals surface area contributed by atoms with Gasteiger partial charge in [-0.1, -0.05) is 6.92 Å². The second kappa shape index (κ2) is 6.39. The summed E-state index contributed by atoms with van der Waals surface area (Å²) in [5, 5.41) is 12.8. The number of amides is 1. The molecule has 0 radical (unpaired) electrons. The fourth-order valence-corrected chi connectivity index (χ4v) is 4.33. The number of esters is 1. The van der Waals surface area contributed by atoms with Crippen molar-refractivity contribution in [1.82, 2.24) is 4.57 Å². The van der Waals surface area contributed by atoms with E-state index in [0.29, 0.717) is 6.07 Å². The van der Waals surface area contributed by atoms with E-state index >= 15 is 0 Å². The van der Waals surface area contributed by atoms with Crippen molar-refractivity contribution in [2.24, 2.45) is 0 Å². The number of hydrogen-bond donors (Lipinski definition) is 2. The maximum atomic E-state index is 14.1. The molecule has 1 aromatic heterocycles. The number of ether oxygens (including phenoxy) is 1. The van der Waals surface area contributed by atoms with Gasteiger partial charge in [-0.3, -0.25) is 14.4 Å². The van der Waals surface area contributed by atoms with Crippen LogP contribution in [-0.2, 0) is 33.1 Å². The van der Waals surface area contributed by atoms with Crippen LogP contribution in [-0.4, -0.2) is 27.3 Å². The van der Waals surface area contributed by atoms with E-state index in [0.717, 1.165) is 4.57 Å². The molecule has 5 rings (SSSR count). The molecule has 32 heavy (non-hydrogen) atoms. The predicted molar refractivity (Wildman–Crippen MR) is 101 cm³/mol. The largest absolute Gasteiger partial charge is 0.458 e. The van der Waals surface area contributed by atoms with Crippen LogP contribution in [0.1, 0.15) is 40.5 Å². The molecule has 8 nitrogen and oxygen atoms in total. The highest BCUT2D eigenvalue weighted by Gasteiger charge is 2.46. The molecule has 1 atom stereocenters. The summed E-state index contributed by atoms with van der Waals surface area (Å²) < 4.78 is 47.5. The molecule has 0 fully saturated rings. The number of fused-ring (bicyclic) bond motifs is 3. The first-order chi connectivity index (χ1) is 15.1. The smallest absolute Gasteiger partial charge is 0.343 e. The van der Waals surface area contributed by atoms with Crippen molar-refractivity contribution in [2.75, 3.05) is 5.32 Å². The highest BCUT2D eigenvalue weighted by Crippen LogP contribution is 2.41. The van der Waals surface area contributed by atoms with Crippen LogP contribution < -0.4 is 10.9 Å². The maximum Gasteiger partial charge on any atom is 0.343 e. The number of allylic oxidation sites excluding steroid dienone is 1. The number of hydrogen-bond acceptors (Lipinski definition) is 6. The number of nitrogens with one attached hydrogen (secondary N) is 1. The summed E-state index contributed by atoms with van der Waals surface area (Å²) in [6.45, 7) is 0.689. The molecule has 3 aliphatic heterocycles. The summed E-state index contributed by atoms with van der Waals surface area (Å²) in [6, 6.07) is 1.79. The lowest BCUT2D eigenvalue weighted by Gasteiger charge is -2.31. The first-order valence-electron chi connectivity index (χ1n) is 9.54. The van der Waals surface area contributed by atoms with E-state index in [-0.39, 0.29) is 40.0 Å². The van der Waals surface area contributed by atoms with Gasteiger partial charge in [-0.25, -0.2) is 18.0 Å². The molecular formula is C21H13F3N2O6. The molecule has 0 aliphatic carbocycles. The number of carbonyl (C=O) groups excluding carboxylic acids is 3. The zero-order valence-electron chi connectivity index (χ0n) is 16.3. The summed E-state index contributed by atoms with van der Waals surface area (Å²) >= 11 is 0. The molecule has 0 unspecified atom stereocenters. The lowest BCUT2D eigenvalue weighted by molar-refractivity contribution is -0.172. The second-order valence-corrected chi connectivity index (χ2v) is 7.65. The van der Waals surface area contributed by atoms with E-state index in [1.54, 1.807) is 0 Å². The van der Waals surface area contributed by atoms with E-state index < -0.39 is 65.1 Å². The normalized spacial score (nSPS) is 23.6. The topological polar surface area (TPSA) is 115 Å². The number of carbonyl (C=O) groups is 3. The Hall–Kier alpha value is -3.73. The van der Waals surface area contributed by atoms with Gasteiger partial charge in [0.25, 0.3) is 11.5 Å². The Bertz CT molecular complexity index is 1390. The van der Waals surface area contributed by atoms with Crippen molar-refractivity contribution in [3.63, 3.8) is 0 Å². The Labute approximate surface area is 176 Å². The molecule has 3 aliphatic rings. The molecular weight excluding hydrogens is 433 g/mol. The number of anilines is 1. The van der Waals surface area contributed by atoms with E-state index in [1.165, 1.54) is 13.0 Å². The number of cyclic esters (lactones) is 1. The maximum absolute atomic E-state index is 14.1. The summed E-state index contributed by atoms with van der Waals surface area (Å²) in [4.78, 5) is 50.8. The Balaban J connectivity index is 1.74. The molecule has 11 heteroatoms. The van der Waals surface area contributed by atoms with Crippen molar-refractivity contribution >= 4 is 28.9 Å². The summed E-state index contributed by atoms with van der Waals surface area (Å²) in [5.41, 5.74) is -4.71. The third-order valence-electron chi connectivity index (χ3n) is 6.06. The molecule has 1 aromatic carbocycles. The number of halogens is 3. The first kappa shape index (κ1) is 20.2. The van der Waals surface area contributed by atoms with Gasteiger partial charge in [0.1, 0.15) is 6.61 Å². The second-order valence-electron chi connectivity index (χ2n) is 7.65. The highest BCUT2D eigenvalue weighted by atomic mass is 19.2. The number of aromatic nitrogens is 1. The number of ketones is 1. The van der Waals surface area contributed by atoms with Crippen LogP contribution in [0.15, 0.2) is 22.5 Å². The molecule has 0 saturated carbocycles. The first-order valence-corrected chi connectivity index (χ1v) is 9.54. The third kappa shape index (κ3) is 2.36. The van der Waals surface area contributed by atoms with Gasteiger partial charge < -0.3 is 19.7 Å². The number of benzene rings is 1. The standard InChI is InChI=1S/C21H13F3N2O6/c1-2-21(31)10-4-12-17(27)8(5-26(12)19(29)9(10)6-32-20(21)30)13-7-3-11(22)14(23)15(24)16(7)25-18(13)28/h3-4,31H,2,5-6H2,1H3,(H,25,28)/b13-8+/t21-/m0/s1. The average molecular weight is 446 g/mol. The van der Waals surface area contributed by atoms with Crippen molar-refractivity contribution in [3.8, 4) is 0 Å². The minimum absolute atomic E-state index is 0.0211. The number of Topliss-reactive ketones (excluding diaryl/α,β-unsaturated/α-hetero) is 1. The molecule has 2 N–H and O–H groups in total. The minimum Gasteiger partial charge on any atom is -0.458 e. The zero-order valence-corrected chi connectivity index (χ0v) is 16.3. The van der Waals surface area contributed by atoms with E-state index in [1.807, 2.05) is 0 Å². The van der Waals surface area contributed by atoms with Crippen molar-refractivity contribution < 1.29 is 37.4 Å². The molecule has 0 saturated heterocycles. The van der Waals surface area contributed by atoms with Crippen LogP contribution >= 0.6 is 0 Å². The van der Waals surface area contributed by atoms with Crippen molar-refractivity contribution in [3.05, 3.63) is 67.9 Å². The molecule has 1 amide bonds. The fraction of sp³-hybridized carbons (Fsp3) is 0.238. The van der Waals surface area contributed by atoms with E-state index in [9.17, 15) is 37.5 Å². The average Bonchev–Trinajstić information content (AvgIpc) is 3.26. The summed E-state index contributed by atoms with van der Waals surface area (Å²) in [5.74, 6) is -7.65. The predicted octanol–water partition coefficient (Wildman–Crippen LogP) is 1.52. The molecule has 2 aromatic rings. The number of rotatable bonds is 1. The van der Waals surface area contributed by atoms with Crippen LogP contribution in [0.4, 0.5) is 18.9 Å². The van der Waals surface area contributed by atoms with Crippen molar-refractivity contribution in [1.29, 1.82) is 0 Å². The Morgan fingerprint density at radius 2 is 1.88 bits per heavy atom. The van der Waals surface area contributed by atoms with Crippen LogP contribution in [0.5, 0.6) is 0 Å². The Morgan fingerprint density at radius 1 is 1.16 bits per heavy atom. The minimum atomic E-state index is -2.13. The number of aliphatic hydroxyl groups is 1. The van der Waals surface area contributed by atoms with E-state index in [2.05, 4.69) is 5.32 Å². The number of nitrogens with zero attached hydrogens (tertiary/aromatic N) is 1. The summed E-state index contributed by atoms with van der Waals surface area (Å²) in [7, 11) is 0. The molecule has 0 spiro atoms. The van der Waals surface area contributed by atoms with Gasteiger partial charge in [0.05, 0.1) is 29.1 Å². The van der Waals surface area contributed by atoms with Crippen LogP contribution in [0.3, 0.4) is 0 Å².